The van der Waals surface area contributed by atoms with E-state index in [0.717, 1.165) is 69.6 Å². The molecule has 1 saturated heterocycles. The van der Waals surface area contributed by atoms with E-state index in [-0.39, 0.29) is 62.9 Å². The van der Waals surface area contributed by atoms with Crippen molar-refractivity contribution in [1.29, 1.82) is 0 Å². The number of amides is 3. The van der Waals surface area contributed by atoms with Gasteiger partial charge in [0.15, 0.2) is 6.10 Å². The number of hydrogen-bond acceptors (Lipinski definition) is 20. The van der Waals surface area contributed by atoms with Gasteiger partial charge < -0.3 is 73.1 Å². The fourth-order valence-corrected chi connectivity index (χ4v) is 9.20. The first-order valence-corrected chi connectivity index (χ1v) is 27.5. The largest absolute Gasteiger partial charge is 0.756 e. The number of phosphoric ester groups is 1. The summed E-state index contributed by atoms with van der Waals surface area (Å²) in [4.78, 5) is 89.6. The van der Waals surface area contributed by atoms with E-state index in [1.54, 1.807) is 0 Å². The lowest BCUT2D eigenvalue weighted by atomic mass is 9.82. The third-order valence-corrected chi connectivity index (χ3v) is 13.3. The standard InChI is InChI=1S/C49H74N5O18PS/c1-36(55)69-32-44(72-37(2)56)33-71-73(62,63)70-21-17-50-45(57)34-67-25-24-64-20-16-51-46(58)35-74-29-28-66-23-22-65-26-27-68-43-10-6-39(7-11-43)41(31-48(60)61)30-38-13-18-54(19-14-38)47(59)12-9-42-8-5-40-4-3-15-52-49(40)53-42/h5-8,10-11,38,41,44H,3-4,9,12-35H2,1-2H3,(H,50,57)(H,51,58)(H,52,53)(H,60,61)(H,62,63)/p-1. The highest BCUT2D eigenvalue weighted by Gasteiger charge is 2.27. The van der Waals surface area contributed by atoms with Crippen LogP contribution in [-0.4, -0.2) is 180 Å². The maximum Gasteiger partial charge on any atom is 0.303 e. The highest BCUT2D eigenvalue weighted by molar-refractivity contribution is 7.99. The van der Waals surface area contributed by atoms with Gasteiger partial charge in [-0.1, -0.05) is 18.2 Å². The quantitative estimate of drug-likeness (QED) is 0.0427. The van der Waals surface area contributed by atoms with Crippen molar-refractivity contribution in [1.82, 2.24) is 20.5 Å². The summed E-state index contributed by atoms with van der Waals surface area (Å²) in [5.74, 6) is -0.0867. The number of carbonyl (C=O) groups is 6. The minimum absolute atomic E-state index is 0.0349. The van der Waals surface area contributed by atoms with Crippen molar-refractivity contribution >= 4 is 61.0 Å². The number of fused-ring (bicyclic) bond motifs is 1. The molecule has 3 unspecified atom stereocenters. The number of likely N-dealkylation sites (tertiary alicyclic amines) is 1. The number of aliphatic carboxylic acids is 1. The number of nitrogens with zero attached hydrogens (tertiary/aromatic N) is 2. The third-order valence-electron chi connectivity index (χ3n) is 11.4. The lowest BCUT2D eigenvalue weighted by molar-refractivity contribution is -0.228. The predicted octanol–water partition coefficient (Wildman–Crippen LogP) is 2.67. The Morgan fingerprint density at radius 1 is 0.838 bits per heavy atom. The summed E-state index contributed by atoms with van der Waals surface area (Å²) in [6.07, 6.45) is 4.48. The van der Waals surface area contributed by atoms with Gasteiger partial charge in [-0.05, 0) is 79.7 Å². The molecule has 2 aliphatic rings. The molecule has 4 rings (SSSR count). The second kappa shape index (κ2) is 35.4. The number of ether oxygens (including phenoxy) is 7. The van der Waals surface area contributed by atoms with Gasteiger partial charge in [-0.2, -0.15) is 0 Å². The number of phosphoric acid groups is 1. The Morgan fingerprint density at radius 3 is 2.26 bits per heavy atom. The van der Waals surface area contributed by atoms with Gasteiger partial charge in [0, 0.05) is 64.4 Å². The van der Waals surface area contributed by atoms with Crippen molar-refractivity contribution < 1.29 is 85.5 Å². The second-order valence-corrected chi connectivity index (χ2v) is 19.9. The molecular formula is C49H73N5O18PS-. The lowest BCUT2D eigenvalue weighted by Gasteiger charge is -2.33. The van der Waals surface area contributed by atoms with Crippen LogP contribution in [0.15, 0.2) is 36.4 Å². The smallest absolute Gasteiger partial charge is 0.303 e. The van der Waals surface area contributed by atoms with Crippen LogP contribution in [0, 0.1) is 5.92 Å². The van der Waals surface area contributed by atoms with Gasteiger partial charge in [-0.25, -0.2) is 4.98 Å². The normalized spacial score (nSPS) is 15.1. The number of pyridine rings is 1. The molecule has 0 radical (unpaired) electrons. The molecule has 0 aliphatic carbocycles. The zero-order valence-electron chi connectivity index (χ0n) is 42.4. The molecule has 25 heteroatoms. The fourth-order valence-electron chi connectivity index (χ4n) is 7.80. The van der Waals surface area contributed by atoms with E-state index in [1.807, 2.05) is 35.2 Å². The van der Waals surface area contributed by atoms with Crippen LogP contribution in [0.4, 0.5) is 5.82 Å². The molecule has 1 fully saturated rings. The number of nitrogens with one attached hydrogen (secondary N) is 3. The van der Waals surface area contributed by atoms with E-state index in [9.17, 15) is 43.3 Å². The molecular weight excluding hydrogens is 1010 g/mol. The molecule has 1 aromatic carbocycles. The summed E-state index contributed by atoms with van der Waals surface area (Å²) >= 11 is 1.43. The van der Waals surface area contributed by atoms with Crippen molar-refractivity contribution in [2.24, 2.45) is 5.92 Å². The summed E-state index contributed by atoms with van der Waals surface area (Å²) in [7, 11) is -4.81. The van der Waals surface area contributed by atoms with E-state index in [2.05, 4.69) is 31.1 Å². The highest BCUT2D eigenvalue weighted by Crippen LogP contribution is 2.38. The Labute approximate surface area is 436 Å². The van der Waals surface area contributed by atoms with E-state index >= 15 is 0 Å². The number of carboxylic acids is 1. The molecule has 3 heterocycles. The van der Waals surface area contributed by atoms with Crippen molar-refractivity contribution in [3.05, 3.63) is 53.2 Å². The minimum Gasteiger partial charge on any atom is -0.756 e. The molecule has 3 atom stereocenters. The van der Waals surface area contributed by atoms with Crippen molar-refractivity contribution in [3.8, 4) is 5.75 Å². The van der Waals surface area contributed by atoms with E-state index in [1.165, 1.54) is 17.3 Å². The highest BCUT2D eigenvalue weighted by atomic mass is 32.2. The van der Waals surface area contributed by atoms with Gasteiger partial charge in [0.1, 0.15) is 31.4 Å². The van der Waals surface area contributed by atoms with E-state index < -0.39 is 57.6 Å². The Balaban J connectivity index is 0.921. The molecule has 1 aromatic heterocycles. The van der Waals surface area contributed by atoms with Crippen LogP contribution in [-0.2, 0) is 83.6 Å². The molecule has 2 aliphatic heterocycles. The number of hydrogen-bond donors (Lipinski definition) is 4. The number of thioether (sulfide) groups is 1. The van der Waals surface area contributed by atoms with Gasteiger partial charge >= 0.3 is 17.9 Å². The summed E-state index contributed by atoms with van der Waals surface area (Å²) < 4.78 is 58.5. The first kappa shape index (κ1) is 61.6. The zero-order valence-corrected chi connectivity index (χ0v) is 44.1. The molecule has 0 bridgehead atoms. The van der Waals surface area contributed by atoms with Gasteiger partial charge in [-0.15, -0.1) is 11.8 Å². The van der Waals surface area contributed by atoms with Crippen LogP contribution in [0.5, 0.6) is 5.75 Å². The Hall–Kier alpha value is -4.91. The second-order valence-electron chi connectivity index (χ2n) is 17.4. The van der Waals surface area contributed by atoms with Crippen LogP contribution >= 0.6 is 19.6 Å². The summed E-state index contributed by atoms with van der Waals surface area (Å²) in [5.41, 5.74) is 3.12. The molecule has 0 saturated carbocycles. The maximum absolute atomic E-state index is 13.1. The van der Waals surface area contributed by atoms with Crippen LogP contribution in [0.25, 0.3) is 0 Å². The Morgan fingerprint density at radius 2 is 1.53 bits per heavy atom. The van der Waals surface area contributed by atoms with Gasteiger partial charge in [0.25, 0.3) is 7.82 Å². The van der Waals surface area contributed by atoms with E-state index in [0.29, 0.717) is 82.9 Å². The number of carbonyl (C=O) groups excluding carboxylic acids is 5. The zero-order chi connectivity index (χ0) is 53.4. The third kappa shape index (κ3) is 27.0. The lowest BCUT2D eigenvalue weighted by Crippen LogP contribution is -2.39. The van der Waals surface area contributed by atoms with Crippen LogP contribution in [0.3, 0.4) is 0 Å². The summed E-state index contributed by atoms with van der Waals surface area (Å²) in [6.45, 7) is 5.28. The van der Waals surface area contributed by atoms with Gasteiger partial charge in [-0.3, -0.25) is 33.3 Å². The number of rotatable bonds is 38. The topological polar surface area (TPSA) is 298 Å². The molecule has 2 aromatic rings. The number of anilines is 1. The number of piperidine rings is 1. The molecule has 74 heavy (non-hydrogen) atoms. The number of aromatic nitrogens is 1. The first-order chi connectivity index (χ1) is 35.7. The Kier molecular flexibility index (Phi) is 29.5. The first-order valence-electron chi connectivity index (χ1n) is 24.9. The molecule has 4 N–H and O–H groups in total. The predicted molar refractivity (Wildman–Crippen MR) is 269 cm³/mol. The van der Waals surface area contributed by atoms with Gasteiger partial charge in [0.2, 0.25) is 17.7 Å². The van der Waals surface area contributed by atoms with Crippen molar-refractivity contribution in [2.45, 2.75) is 77.2 Å². The fraction of sp³-hybridized carbons (Fsp3) is 0.653. The Bertz CT molecular complexity index is 2080. The minimum atomic E-state index is -4.81. The summed E-state index contributed by atoms with van der Waals surface area (Å²) in [6, 6.07) is 11.7. The molecule has 3 amide bonds. The molecule has 0 spiro atoms. The number of esters is 2. The molecule has 23 nitrogen and oxygen atoms in total. The maximum atomic E-state index is 13.1. The van der Waals surface area contributed by atoms with Crippen LogP contribution in [0.2, 0.25) is 0 Å². The van der Waals surface area contributed by atoms with E-state index in [4.69, 9.17) is 38.1 Å². The monoisotopic (exact) mass is 1080 g/mol. The van der Waals surface area contributed by atoms with Crippen molar-refractivity contribution in [3.63, 3.8) is 0 Å². The number of carboxylic acid groups (broad SMARTS) is 1. The van der Waals surface area contributed by atoms with Crippen molar-refractivity contribution in [2.75, 3.05) is 129 Å². The number of aryl methyl sites for hydroxylation is 2. The molecule has 414 valence electrons. The SMILES string of the molecule is CC(=O)OCC(COP(=O)([O-])OCCNC(=O)COCCOCCNC(=O)CSCCOCCOCCOc1ccc(C(CC(=O)O)CC2CCN(C(=O)CCc3ccc4c(n3)NCCC4)CC2)cc1)OC(C)=O. The number of benzene rings is 1. The average molecular weight is 1080 g/mol. The summed E-state index contributed by atoms with van der Waals surface area (Å²) in [5, 5.41) is 18.2. The average Bonchev–Trinajstić information content (AvgIpc) is 3.37. The van der Waals surface area contributed by atoms with Crippen LogP contribution in [0.1, 0.15) is 75.1 Å². The van der Waals surface area contributed by atoms with Crippen LogP contribution < -0.4 is 25.6 Å². The van der Waals surface area contributed by atoms with Gasteiger partial charge in [0.05, 0.1) is 71.6 Å².